The second-order valence-electron chi connectivity index (χ2n) is 8.32. The Morgan fingerprint density at radius 3 is 2.48 bits per heavy atom. The van der Waals surface area contributed by atoms with Crippen LogP contribution in [-0.2, 0) is 25.3 Å². The first-order valence-electron chi connectivity index (χ1n) is 9.13. The first-order chi connectivity index (χ1) is 11.7. The van der Waals surface area contributed by atoms with Gasteiger partial charge in [0.2, 0.25) is 0 Å². The molecule has 0 amide bonds. The van der Waals surface area contributed by atoms with Gasteiger partial charge in [0, 0.05) is 6.42 Å². The van der Waals surface area contributed by atoms with Gasteiger partial charge in [0.1, 0.15) is 6.10 Å². The van der Waals surface area contributed by atoms with E-state index in [0.29, 0.717) is 26.2 Å². The number of hydrogen-bond donors (Lipinski definition) is 0. The lowest BCUT2D eigenvalue weighted by Crippen LogP contribution is -2.46. The van der Waals surface area contributed by atoms with Crippen molar-refractivity contribution >= 4 is 14.1 Å². The molecule has 0 aromatic heterocycles. The van der Waals surface area contributed by atoms with E-state index >= 15 is 0 Å². The van der Waals surface area contributed by atoms with Gasteiger partial charge in [0.25, 0.3) is 0 Å². The number of carbonyl (C=O) groups excluding carboxylic acids is 1. The standard InChI is InChI=1S/C20H32O4Si/c1-20(2,3)25(4,5)23-14-17-11-12-18(21)19(24-17)15-22-13-16-9-7-6-8-10-16/h6-10,17,19H,11-15H2,1-5H3/t17-,19-/m1/s1. The van der Waals surface area contributed by atoms with Crippen LogP contribution in [0.1, 0.15) is 39.2 Å². The molecule has 1 heterocycles. The smallest absolute Gasteiger partial charge is 0.192 e. The van der Waals surface area contributed by atoms with Gasteiger partial charge in [-0.3, -0.25) is 4.79 Å². The van der Waals surface area contributed by atoms with E-state index in [1.807, 2.05) is 30.3 Å². The lowest BCUT2D eigenvalue weighted by Gasteiger charge is -2.38. The van der Waals surface area contributed by atoms with Crippen LogP contribution in [0.4, 0.5) is 0 Å². The van der Waals surface area contributed by atoms with Gasteiger partial charge in [0.05, 0.1) is 25.9 Å². The average Bonchev–Trinajstić information content (AvgIpc) is 2.55. The molecule has 2 atom stereocenters. The van der Waals surface area contributed by atoms with Crippen molar-refractivity contribution in [3.8, 4) is 0 Å². The minimum absolute atomic E-state index is 0.0165. The van der Waals surface area contributed by atoms with Crippen molar-refractivity contribution in [1.29, 1.82) is 0 Å². The van der Waals surface area contributed by atoms with Crippen LogP contribution < -0.4 is 0 Å². The lowest BCUT2D eigenvalue weighted by molar-refractivity contribution is -0.152. The van der Waals surface area contributed by atoms with Crippen LogP contribution in [0.25, 0.3) is 0 Å². The van der Waals surface area contributed by atoms with Gasteiger partial charge in [-0.15, -0.1) is 0 Å². The Kier molecular flexibility index (Phi) is 6.97. The van der Waals surface area contributed by atoms with E-state index < -0.39 is 14.4 Å². The second kappa shape index (κ2) is 8.58. The van der Waals surface area contributed by atoms with Gasteiger partial charge in [-0.25, -0.2) is 0 Å². The third kappa shape index (κ3) is 6.03. The molecule has 25 heavy (non-hydrogen) atoms. The number of benzene rings is 1. The molecule has 1 aliphatic heterocycles. The van der Waals surface area contributed by atoms with Crippen LogP contribution in [0.2, 0.25) is 18.1 Å². The van der Waals surface area contributed by atoms with Crippen LogP contribution in [0.15, 0.2) is 30.3 Å². The highest BCUT2D eigenvalue weighted by molar-refractivity contribution is 6.74. The van der Waals surface area contributed by atoms with Crippen LogP contribution in [0.3, 0.4) is 0 Å². The molecule has 0 saturated carbocycles. The van der Waals surface area contributed by atoms with Gasteiger partial charge in [-0.1, -0.05) is 51.1 Å². The summed E-state index contributed by atoms with van der Waals surface area (Å²) < 4.78 is 17.9. The number of ketones is 1. The molecule has 2 rings (SSSR count). The number of rotatable bonds is 7. The monoisotopic (exact) mass is 364 g/mol. The molecule has 0 N–H and O–H groups in total. The summed E-state index contributed by atoms with van der Waals surface area (Å²) in [6.07, 6.45) is 0.802. The van der Waals surface area contributed by atoms with E-state index in [2.05, 4.69) is 33.9 Å². The summed E-state index contributed by atoms with van der Waals surface area (Å²) in [4.78, 5) is 12.1. The summed E-state index contributed by atoms with van der Waals surface area (Å²) >= 11 is 0. The quantitative estimate of drug-likeness (QED) is 0.675. The highest BCUT2D eigenvalue weighted by atomic mass is 28.4. The molecule has 4 nitrogen and oxygen atoms in total. The molecule has 0 bridgehead atoms. The average molecular weight is 365 g/mol. The largest absolute Gasteiger partial charge is 0.414 e. The van der Waals surface area contributed by atoms with Crippen molar-refractivity contribution in [2.45, 2.75) is 70.6 Å². The molecule has 0 spiro atoms. The first kappa shape index (κ1) is 20.3. The Morgan fingerprint density at radius 2 is 1.84 bits per heavy atom. The maximum absolute atomic E-state index is 12.1. The Morgan fingerprint density at radius 1 is 1.16 bits per heavy atom. The molecule has 140 valence electrons. The predicted octanol–water partition coefficient (Wildman–Crippen LogP) is 4.34. The SMILES string of the molecule is CC(C)(C)[Si](C)(C)OC[C@H]1CCC(=O)[C@@H](COCc2ccccc2)O1. The normalized spacial score (nSPS) is 22.2. The van der Waals surface area contributed by atoms with Crippen LogP contribution in [-0.4, -0.2) is 39.5 Å². The zero-order valence-electron chi connectivity index (χ0n) is 16.2. The topological polar surface area (TPSA) is 44.8 Å². The number of ether oxygens (including phenoxy) is 2. The van der Waals surface area contributed by atoms with Crippen molar-refractivity contribution < 1.29 is 18.7 Å². The molecule has 1 aromatic rings. The van der Waals surface area contributed by atoms with Crippen molar-refractivity contribution in [2.24, 2.45) is 0 Å². The first-order valence-corrected chi connectivity index (χ1v) is 12.0. The van der Waals surface area contributed by atoms with Crippen molar-refractivity contribution in [1.82, 2.24) is 0 Å². The van der Waals surface area contributed by atoms with E-state index in [9.17, 15) is 4.79 Å². The second-order valence-corrected chi connectivity index (χ2v) is 13.1. The fourth-order valence-electron chi connectivity index (χ4n) is 2.47. The molecule has 1 aliphatic rings. The van der Waals surface area contributed by atoms with E-state index in [1.54, 1.807) is 0 Å². The fraction of sp³-hybridized carbons (Fsp3) is 0.650. The van der Waals surface area contributed by atoms with E-state index in [-0.39, 0.29) is 16.9 Å². The van der Waals surface area contributed by atoms with Crippen LogP contribution in [0, 0.1) is 0 Å². The third-order valence-electron chi connectivity index (χ3n) is 5.25. The van der Waals surface area contributed by atoms with E-state index in [1.165, 1.54) is 0 Å². The summed E-state index contributed by atoms with van der Waals surface area (Å²) in [5.41, 5.74) is 1.10. The molecular formula is C20H32O4Si. The van der Waals surface area contributed by atoms with Gasteiger partial charge in [-0.05, 0) is 30.1 Å². The third-order valence-corrected chi connectivity index (χ3v) is 9.75. The molecule has 1 aromatic carbocycles. The molecule has 1 saturated heterocycles. The van der Waals surface area contributed by atoms with Crippen LogP contribution in [0.5, 0.6) is 0 Å². The van der Waals surface area contributed by atoms with E-state index in [4.69, 9.17) is 13.9 Å². The zero-order valence-corrected chi connectivity index (χ0v) is 17.2. The molecule has 0 aliphatic carbocycles. The maximum Gasteiger partial charge on any atom is 0.192 e. The van der Waals surface area contributed by atoms with E-state index in [0.717, 1.165) is 12.0 Å². The Bertz CT molecular complexity index is 551. The molecule has 5 heteroatoms. The highest BCUT2D eigenvalue weighted by Gasteiger charge is 2.38. The Balaban J connectivity index is 1.79. The van der Waals surface area contributed by atoms with Crippen LogP contribution >= 0.6 is 0 Å². The predicted molar refractivity (Wildman–Crippen MR) is 102 cm³/mol. The summed E-state index contributed by atoms with van der Waals surface area (Å²) in [6, 6.07) is 9.97. The Labute approximate surface area is 153 Å². The summed E-state index contributed by atoms with van der Waals surface area (Å²) in [7, 11) is -1.79. The number of carbonyl (C=O) groups is 1. The van der Waals surface area contributed by atoms with Gasteiger partial charge >= 0.3 is 0 Å². The number of Topliss-reactive ketones (excluding diaryl/α,β-unsaturated/α-hetero) is 1. The van der Waals surface area contributed by atoms with Gasteiger partial charge < -0.3 is 13.9 Å². The van der Waals surface area contributed by atoms with Crippen molar-refractivity contribution in [3.63, 3.8) is 0 Å². The lowest BCUT2D eigenvalue weighted by atomic mass is 10.0. The highest BCUT2D eigenvalue weighted by Crippen LogP contribution is 2.37. The molecule has 1 fully saturated rings. The summed E-state index contributed by atoms with van der Waals surface area (Å²) in [5.74, 6) is 0.136. The molecular weight excluding hydrogens is 332 g/mol. The molecule has 0 unspecified atom stereocenters. The fourth-order valence-corrected chi connectivity index (χ4v) is 3.51. The number of hydrogen-bond acceptors (Lipinski definition) is 4. The van der Waals surface area contributed by atoms with Crippen molar-refractivity contribution in [3.05, 3.63) is 35.9 Å². The Hall–Kier alpha value is -1.01. The van der Waals surface area contributed by atoms with Gasteiger partial charge in [-0.2, -0.15) is 0 Å². The molecule has 0 radical (unpaired) electrons. The minimum atomic E-state index is -1.79. The minimum Gasteiger partial charge on any atom is -0.414 e. The summed E-state index contributed by atoms with van der Waals surface area (Å²) in [6.45, 7) is 12.5. The zero-order chi connectivity index (χ0) is 18.5. The maximum atomic E-state index is 12.1. The van der Waals surface area contributed by atoms with Crippen molar-refractivity contribution in [2.75, 3.05) is 13.2 Å². The van der Waals surface area contributed by atoms with Gasteiger partial charge in [0.15, 0.2) is 14.1 Å². The summed E-state index contributed by atoms with van der Waals surface area (Å²) in [5, 5.41) is 0.176.